The van der Waals surface area contributed by atoms with Gasteiger partial charge in [0.05, 0.1) is 28.9 Å². The van der Waals surface area contributed by atoms with Crippen LogP contribution >= 0.6 is 0 Å². The molecular formula is C48H45N3. The quantitative estimate of drug-likeness (QED) is 0.162. The van der Waals surface area contributed by atoms with E-state index in [9.17, 15) is 0 Å². The van der Waals surface area contributed by atoms with Crippen LogP contribution < -0.4 is 0 Å². The number of pyridine rings is 2. The molecule has 9 aliphatic rings. The van der Waals surface area contributed by atoms with Crippen molar-refractivity contribution in [2.24, 2.45) is 23.7 Å². The first-order valence-corrected chi connectivity index (χ1v) is 20.5. The van der Waals surface area contributed by atoms with Crippen LogP contribution in [0.2, 0.25) is 0 Å². The molecule has 0 N–H and O–H groups in total. The van der Waals surface area contributed by atoms with Crippen molar-refractivity contribution in [3.8, 4) is 11.1 Å². The Kier molecular flexibility index (Phi) is 4.76. The predicted octanol–water partition coefficient (Wildman–Crippen LogP) is 12.2. The second kappa shape index (κ2) is 8.79. The van der Waals surface area contributed by atoms with Crippen molar-refractivity contribution in [3.05, 3.63) is 88.0 Å². The van der Waals surface area contributed by atoms with Crippen molar-refractivity contribution in [3.63, 3.8) is 0 Å². The minimum Gasteiger partial charge on any atom is -0.305 e. The summed E-state index contributed by atoms with van der Waals surface area (Å²) in [4.78, 5) is 11.1. The molecule has 4 atom stereocenters. The van der Waals surface area contributed by atoms with E-state index in [1.54, 1.807) is 32.8 Å². The topological polar surface area (TPSA) is 30.2 Å². The van der Waals surface area contributed by atoms with E-state index in [-0.39, 0.29) is 5.41 Å². The third-order valence-electron chi connectivity index (χ3n) is 16.5. The van der Waals surface area contributed by atoms with Crippen molar-refractivity contribution in [2.45, 2.75) is 114 Å². The van der Waals surface area contributed by atoms with Gasteiger partial charge in [-0.25, -0.2) is 0 Å². The van der Waals surface area contributed by atoms with Crippen molar-refractivity contribution in [2.75, 3.05) is 0 Å². The average molecular weight is 664 g/mol. The molecular weight excluding hydrogens is 619 g/mol. The SMILES string of the molecule is Cc1cc2c(c3ccccc13)-c1cc3c4c5c(ncc4n4c6cnc7c(c6c(c1C2(C)C)c34)C1CC2CC(CC7C2)C1)C1CC2CC(C1)CC5C2. The molecule has 0 spiro atoms. The van der Waals surface area contributed by atoms with Crippen LogP contribution in [0.4, 0.5) is 0 Å². The highest BCUT2D eigenvalue weighted by Crippen LogP contribution is 2.63. The van der Waals surface area contributed by atoms with Gasteiger partial charge in [0.1, 0.15) is 0 Å². The zero-order valence-electron chi connectivity index (χ0n) is 30.2. The van der Waals surface area contributed by atoms with Crippen molar-refractivity contribution < 1.29 is 0 Å². The maximum atomic E-state index is 5.56. The maximum absolute atomic E-state index is 5.56. The Hall–Kier alpha value is -3.98. The van der Waals surface area contributed by atoms with E-state index in [4.69, 9.17) is 9.97 Å². The van der Waals surface area contributed by atoms with E-state index in [1.165, 1.54) is 131 Å². The van der Waals surface area contributed by atoms with E-state index in [1.807, 2.05) is 0 Å². The number of fused-ring (bicyclic) bond motifs is 12. The number of aromatic nitrogens is 3. The minimum absolute atomic E-state index is 0.114. The number of hydrogen-bond donors (Lipinski definition) is 0. The fraction of sp³-hybridized carbons (Fsp3) is 0.458. The Morgan fingerprint density at radius 1 is 0.608 bits per heavy atom. The van der Waals surface area contributed by atoms with E-state index in [0.29, 0.717) is 23.7 Å². The van der Waals surface area contributed by atoms with Gasteiger partial charge in [-0.3, -0.25) is 9.97 Å². The van der Waals surface area contributed by atoms with E-state index in [0.717, 1.165) is 23.7 Å². The first kappa shape index (κ1) is 27.6. The fourth-order valence-electron chi connectivity index (χ4n) is 15.1. The van der Waals surface area contributed by atoms with Gasteiger partial charge < -0.3 is 4.40 Å². The minimum atomic E-state index is -0.114. The average Bonchev–Trinajstić information content (AvgIpc) is 3.60. The van der Waals surface area contributed by atoms with Gasteiger partial charge >= 0.3 is 0 Å². The Balaban J connectivity index is 1.21. The molecule has 0 amide bonds. The molecule has 4 aromatic heterocycles. The predicted molar refractivity (Wildman–Crippen MR) is 208 cm³/mol. The fourth-order valence-corrected chi connectivity index (χ4v) is 15.1. The largest absolute Gasteiger partial charge is 0.305 e. The third kappa shape index (κ3) is 3.12. The number of benzene rings is 3. The second-order valence-electron chi connectivity index (χ2n) is 19.4. The van der Waals surface area contributed by atoms with E-state index >= 15 is 0 Å². The van der Waals surface area contributed by atoms with Crippen LogP contribution in [-0.2, 0) is 5.41 Å². The van der Waals surface area contributed by atoms with Crippen LogP contribution in [0.1, 0.15) is 141 Å². The first-order chi connectivity index (χ1) is 24.9. The molecule has 4 heterocycles. The van der Waals surface area contributed by atoms with Gasteiger partial charge in [-0.2, -0.15) is 0 Å². The van der Waals surface area contributed by atoms with Crippen molar-refractivity contribution in [1.29, 1.82) is 0 Å². The summed E-state index contributed by atoms with van der Waals surface area (Å²) in [7, 11) is 0. The van der Waals surface area contributed by atoms with Crippen LogP contribution in [0.15, 0.2) is 48.8 Å². The summed E-state index contributed by atoms with van der Waals surface area (Å²) < 4.78 is 2.70. The third-order valence-corrected chi connectivity index (χ3v) is 16.5. The van der Waals surface area contributed by atoms with Crippen LogP contribution in [0.25, 0.3) is 60.0 Å². The summed E-state index contributed by atoms with van der Waals surface area (Å²) in [5, 5.41) is 8.99. The van der Waals surface area contributed by atoms with Crippen LogP contribution in [0, 0.1) is 30.6 Å². The maximum Gasteiger partial charge on any atom is 0.0728 e. The summed E-state index contributed by atoms with van der Waals surface area (Å²) in [6, 6.07) is 14.5. The van der Waals surface area contributed by atoms with E-state index in [2.05, 4.69) is 74.0 Å². The smallest absolute Gasteiger partial charge is 0.0728 e. The lowest BCUT2D eigenvalue weighted by Gasteiger charge is -2.38. The molecule has 0 radical (unpaired) electrons. The lowest BCUT2D eigenvalue weighted by atomic mass is 9.67. The van der Waals surface area contributed by atoms with Crippen LogP contribution in [0.5, 0.6) is 0 Å². The molecule has 9 aliphatic carbocycles. The molecule has 0 saturated heterocycles. The number of hydrogen-bond acceptors (Lipinski definition) is 2. The molecule has 0 aliphatic heterocycles. The zero-order valence-corrected chi connectivity index (χ0v) is 30.2. The van der Waals surface area contributed by atoms with Gasteiger partial charge in [0.15, 0.2) is 0 Å². The molecule has 7 aromatic rings. The normalized spacial score (nSPS) is 32.0. The number of nitrogens with zero attached hydrogens (tertiary/aromatic N) is 3. The van der Waals surface area contributed by atoms with Gasteiger partial charge in [-0.05, 0) is 162 Å². The summed E-state index contributed by atoms with van der Waals surface area (Å²) in [5.74, 6) is 6.06. The van der Waals surface area contributed by atoms with Gasteiger partial charge in [-0.15, -0.1) is 0 Å². The molecule has 16 rings (SSSR count). The van der Waals surface area contributed by atoms with Crippen LogP contribution in [0.3, 0.4) is 0 Å². The lowest BCUT2D eigenvalue weighted by molar-refractivity contribution is 0.165. The second-order valence-corrected chi connectivity index (χ2v) is 19.4. The van der Waals surface area contributed by atoms with Gasteiger partial charge in [-0.1, -0.05) is 44.2 Å². The van der Waals surface area contributed by atoms with Crippen molar-refractivity contribution in [1.82, 2.24) is 14.4 Å². The highest BCUT2D eigenvalue weighted by molar-refractivity contribution is 6.28. The van der Waals surface area contributed by atoms with Crippen LogP contribution in [-0.4, -0.2) is 14.4 Å². The molecule has 4 fully saturated rings. The molecule has 51 heavy (non-hydrogen) atoms. The van der Waals surface area contributed by atoms with Gasteiger partial charge in [0, 0.05) is 50.2 Å². The Labute approximate surface area is 299 Å². The molecule has 3 aromatic carbocycles. The Morgan fingerprint density at radius 2 is 1.16 bits per heavy atom. The monoisotopic (exact) mass is 663 g/mol. The molecule has 3 nitrogen and oxygen atoms in total. The number of rotatable bonds is 0. The molecule has 252 valence electrons. The Bertz CT molecular complexity index is 2730. The van der Waals surface area contributed by atoms with Gasteiger partial charge in [0.2, 0.25) is 0 Å². The standard InChI is InChI=1S/C48H45N3/c1-22-8-35-40(32-7-5-4-6-31(22)32)33-19-34-41-36(20-49-45-29-15-23-9-24(16-29)12-27(11-23)38(41)45)51-37-21-50-46-30-17-25-10-26(18-30)14-28(13-25)39(46)42(37)43(47(34)51)44(33)48(35,2)3/h4-8,19-21,23-30H,9-18H2,1-3H3. The molecule has 8 bridgehead atoms. The molecule has 3 heteroatoms. The summed E-state index contributed by atoms with van der Waals surface area (Å²) in [6.07, 6.45) is 18.4. The van der Waals surface area contributed by atoms with Gasteiger partial charge in [0.25, 0.3) is 0 Å². The Morgan fingerprint density at radius 3 is 1.78 bits per heavy atom. The highest BCUT2D eigenvalue weighted by atomic mass is 15.0. The highest BCUT2D eigenvalue weighted by Gasteiger charge is 2.48. The lowest BCUT2D eigenvalue weighted by Crippen LogP contribution is -2.25. The van der Waals surface area contributed by atoms with E-state index < -0.39 is 0 Å². The zero-order chi connectivity index (χ0) is 33.2. The first-order valence-electron chi connectivity index (χ1n) is 20.5. The number of aryl methyl sites for hydroxylation is 1. The summed E-state index contributed by atoms with van der Waals surface area (Å²) >= 11 is 0. The molecule has 4 unspecified atom stereocenters. The summed E-state index contributed by atoms with van der Waals surface area (Å²) in [6.45, 7) is 7.40. The van der Waals surface area contributed by atoms with Crippen molar-refractivity contribution >= 4 is 48.9 Å². The molecule has 4 saturated carbocycles. The summed E-state index contributed by atoms with van der Waals surface area (Å²) in [5.41, 5.74) is 17.8.